The summed E-state index contributed by atoms with van der Waals surface area (Å²) >= 11 is 2.03. The summed E-state index contributed by atoms with van der Waals surface area (Å²) in [6, 6.07) is 8.36. The van der Waals surface area contributed by atoms with Crippen molar-refractivity contribution in [2.45, 2.75) is 26.4 Å². The summed E-state index contributed by atoms with van der Waals surface area (Å²) in [5.74, 6) is -1.07. The number of hydrogen-bond donors (Lipinski definition) is 0. The van der Waals surface area contributed by atoms with Crippen molar-refractivity contribution in [2.75, 3.05) is 12.9 Å². The Morgan fingerprint density at radius 2 is 1.69 bits per heavy atom. The number of aryl methyl sites for hydroxylation is 2. The van der Waals surface area contributed by atoms with Gasteiger partial charge in [0.2, 0.25) is 16.1 Å². The number of ether oxygens (including phenoxy) is 1. The highest BCUT2D eigenvalue weighted by atomic mass is 32.3. The van der Waals surface area contributed by atoms with Crippen molar-refractivity contribution in [2.24, 2.45) is 14.1 Å². The Bertz CT molecular complexity index is 1470. The van der Waals surface area contributed by atoms with Crippen molar-refractivity contribution in [3.05, 3.63) is 47.2 Å². The van der Waals surface area contributed by atoms with Gasteiger partial charge in [-0.2, -0.15) is 0 Å². The number of methoxy groups -OCH3 is 1. The van der Waals surface area contributed by atoms with Gasteiger partial charge in [-0.15, -0.1) is 10.2 Å². The number of β-lactam (4-membered cyclic amide) rings is 1. The van der Waals surface area contributed by atoms with Gasteiger partial charge in [0.25, 0.3) is 5.91 Å². The Balaban J connectivity index is 1.69. The van der Waals surface area contributed by atoms with Gasteiger partial charge in [0.1, 0.15) is 4.58 Å². The van der Waals surface area contributed by atoms with E-state index in [-0.39, 0.29) is 22.2 Å². The van der Waals surface area contributed by atoms with E-state index in [4.69, 9.17) is 4.74 Å². The third-order valence-electron chi connectivity index (χ3n) is 5.70. The number of hydrogen-bond acceptors (Lipinski definition) is 13. The molecule has 36 heavy (non-hydrogen) atoms. The molecule has 0 radical (unpaired) electrons. The number of carbonyl (C=O) groups is 2. The van der Waals surface area contributed by atoms with Crippen LogP contribution in [0.15, 0.2) is 51.9 Å². The number of fused-ring (bicyclic) bond motifs is 1. The average molecular weight is 550 g/mol. The fourth-order valence-corrected chi connectivity index (χ4v) is 8.94. The van der Waals surface area contributed by atoms with Crippen molar-refractivity contribution in [3.8, 4) is 0 Å². The van der Waals surface area contributed by atoms with Gasteiger partial charge in [0.15, 0.2) is 21.3 Å². The molecular formula is C19H19N9O5S3. The van der Waals surface area contributed by atoms with Crippen LogP contribution in [0.3, 0.4) is 0 Å². The Morgan fingerprint density at radius 1 is 1.06 bits per heavy atom. The molecule has 2 aromatic heterocycles. The predicted molar refractivity (Wildman–Crippen MR) is 126 cm³/mol. The van der Waals surface area contributed by atoms with E-state index in [1.54, 1.807) is 44.4 Å². The van der Waals surface area contributed by atoms with Crippen LogP contribution in [0.4, 0.5) is 0 Å². The minimum Gasteiger partial charge on any atom is -0.368 e. The van der Waals surface area contributed by atoms with Crippen molar-refractivity contribution in [3.63, 3.8) is 0 Å². The molecule has 0 saturated carbocycles. The summed E-state index contributed by atoms with van der Waals surface area (Å²) in [7, 11) is 0.381. The van der Waals surface area contributed by atoms with Crippen LogP contribution in [0.1, 0.15) is 10.4 Å². The fraction of sp³-hybridized carbons (Fsp3) is 0.368. The molecule has 1 fully saturated rings. The molecule has 17 heteroatoms. The molecule has 2 aliphatic rings. The number of benzene rings is 1. The Kier molecular flexibility index (Phi) is 6.39. The highest BCUT2D eigenvalue weighted by Gasteiger charge is 2.63. The molecule has 1 aromatic carbocycles. The van der Waals surface area contributed by atoms with Gasteiger partial charge in [-0.25, -0.2) is 17.8 Å². The molecule has 1 amide bonds. The monoisotopic (exact) mass is 549 g/mol. The summed E-state index contributed by atoms with van der Waals surface area (Å²) in [5.41, 5.74) is 0.518. The number of rotatable bonds is 8. The number of tetrazole rings is 2. The number of nitrogens with zero attached hydrogens (tertiary/aromatic N) is 9. The van der Waals surface area contributed by atoms with Gasteiger partial charge in [0.05, 0.1) is 5.70 Å². The van der Waals surface area contributed by atoms with Crippen LogP contribution in [0.2, 0.25) is 0 Å². The first kappa shape index (κ1) is 24.5. The lowest BCUT2D eigenvalue weighted by Gasteiger charge is -2.50. The highest BCUT2D eigenvalue weighted by Crippen LogP contribution is 2.47. The molecule has 188 valence electrons. The smallest absolute Gasteiger partial charge is 0.260 e. The Labute approximate surface area is 213 Å². The molecule has 3 aromatic rings. The van der Waals surface area contributed by atoms with Gasteiger partial charge < -0.3 is 4.74 Å². The number of amides is 1. The second-order valence-corrected chi connectivity index (χ2v) is 12.3. The first-order valence-corrected chi connectivity index (χ1v) is 13.9. The lowest BCUT2D eigenvalue weighted by molar-refractivity contribution is -0.158. The maximum atomic E-state index is 13.9. The molecule has 2 aliphatic heterocycles. The van der Waals surface area contributed by atoms with E-state index in [1.807, 2.05) is 0 Å². The van der Waals surface area contributed by atoms with Crippen molar-refractivity contribution in [1.29, 1.82) is 0 Å². The number of allylic oxidation sites excluding steroid dienone is 1. The van der Waals surface area contributed by atoms with E-state index in [9.17, 15) is 18.0 Å². The molecule has 1 saturated heterocycles. The summed E-state index contributed by atoms with van der Waals surface area (Å²) in [6.45, 7) is 0. The lowest BCUT2D eigenvalue weighted by Crippen LogP contribution is -2.71. The van der Waals surface area contributed by atoms with Gasteiger partial charge in [-0.05, 0) is 26.4 Å². The van der Waals surface area contributed by atoms with E-state index in [2.05, 4.69) is 31.1 Å². The molecule has 0 N–H and O–H groups in total. The fourth-order valence-electron chi connectivity index (χ4n) is 3.96. The molecule has 0 unspecified atom stereocenters. The molecule has 4 heterocycles. The second kappa shape index (κ2) is 9.38. The minimum atomic E-state index is -4.10. The predicted octanol–water partition coefficient (Wildman–Crippen LogP) is -0.307. The normalized spacial score (nSPS) is 22.9. The first-order valence-electron chi connectivity index (χ1n) is 10.4. The summed E-state index contributed by atoms with van der Waals surface area (Å²) in [4.78, 5) is 27.9. The number of sulfone groups is 1. The van der Waals surface area contributed by atoms with E-state index >= 15 is 0 Å². The molecule has 0 spiro atoms. The minimum absolute atomic E-state index is 0.00502. The maximum absolute atomic E-state index is 13.9. The summed E-state index contributed by atoms with van der Waals surface area (Å²) in [6.07, 6.45) is -1.23. The number of thioether (sulfide) groups is 2. The maximum Gasteiger partial charge on any atom is 0.260 e. The molecule has 3 atom stereocenters. The van der Waals surface area contributed by atoms with Gasteiger partial charge in [-0.3, -0.25) is 14.5 Å². The van der Waals surface area contributed by atoms with Crippen molar-refractivity contribution in [1.82, 2.24) is 45.3 Å². The highest BCUT2D eigenvalue weighted by molar-refractivity contribution is 8.14. The number of ketones is 1. The van der Waals surface area contributed by atoms with E-state index in [1.165, 1.54) is 16.5 Å². The quantitative estimate of drug-likeness (QED) is 0.204. The van der Waals surface area contributed by atoms with Crippen molar-refractivity contribution >= 4 is 45.1 Å². The SMILES string of the molecule is CO[C@H]1C(=O)N2C(C(=O)c3ccccc3)=C(CSc3nnnn3C)[C@@H](Sc3nnnn3C)S(=O)(=O)[C@H]12. The topological polar surface area (TPSA) is 168 Å². The van der Waals surface area contributed by atoms with Gasteiger partial charge >= 0.3 is 0 Å². The van der Waals surface area contributed by atoms with Crippen LogP contribution in [0, 0.1) is 0 Å². The van der Waals surface area contributed by atoms with E-state index in [0.717, 1.165) is 28.4 Å². The van der Waals surface area contributed by atoms with Gasteiger partial charge in [-0.1, -0.05) is 53.9 Å². The standard InChI is InChI=1S/C19H19N9O5S3/c1-26-18(20-22-24-26)34-9-11-12(13(29)10-7-5-4-6-8-10)28-15(30)14(33-3)16(28)36(31,32)17(11)35-19-21-23-25-27(19)2/h4-8,14,16-17H,9H2,1-3H3/t14-,16+,17-/m0/s1. The molecule has 0 aliphatic carbocycles. The summed E-state index contributed by atoms with van der Waals surface area (Å²) < 4.78 is 34.5. The van der Waals surface area contributed by atoms with Crippen LogP contribution < -0.4 is 0 Å². The molecule has 14 nitrogen and oxygen atoms in total. The average Bonchev–Trinajstić information content (AvgIpc) is 3.47. The molecular weight excluding hydrogens is 530 g/mol. The first-order chi connectivity index (χ1) is 17.3. The number of Topliss-reactive ketones (excluding diaryl/α,β-unsaturated/α-hetero) is 1. The number of carbonyl (C=O) groups excluding carboxylic acids is 2. The van der Waals surface area contributed by atoms with E-state index < -0.39 is 37.6 Å². The Morgan fingerprint density at radius 3 is 2.28 bits per heavy atom. The lowest BCUT2D eigenvalue weighted by atomic mass is 9.99. The zero-order valence-electron chi connectivity index (χ0n) is 19.1. The number of aromatic nitrogens is 8. The van der Waals surface area contributed by atoms with Crippen LogP contribution in [-0.2, 0) is 33.5 Å². The zero-order valence-corrected chi connectivity index (χ0v) is 21.6. The van der Waals surface area contributed by atoms with Crippen LogP contribution >= 0.6 is 23.5 Å². The third-order valence-corrected chi connectivity index (χ3v) is 10.9. The second-order valence-electron chi connectivity index (χ2n) is 7.82. The van der Waals surface area contributed by atoms with Crippen LogP contribution in [0.25, 0.3) is 0 Å². The Hall–Kier alpha value is -3.15. The largest absolute Gasteiger partial charge is 0.368 e. The van der Waals surface area contributed by atoms with Crippen LogP contribution in [-0.4, -0.2) is 94.3 Å². The van der Waals surface area contributed by atoms with Crippen LogP contribution in [0.5, 0.6) is 0 Å². The third kappa shape index (κ3) is 3.91. The van der Waals surface area contributed by atoms with Gasteiger partial charge in [0, 0.05) is 32.5 Å². The zero-order chi connectivity index (χ0) is 25.6. The van der Waals surface area contributed by atoms with E-state index in [0.29, 0.717) is 10.7 Å². The molecule has 0 bridgehead atoms. The molecule has 5 rings (SSSR count). The van der Waals surface area contributed by atoms with Crippen molar-refractivity contribution < 1.29 is 22.7 Å². The summed E-state index contributed by atoms with van der Waals surface area (Å²) in [5, 5.41) is 21.9.